The summed E-state index contributed by atoms with van der Waals surface area (Å²) in [5, 5.41) is 20.2. The highest BCUT2D eigenvalue weighted by atomic mass is 19.4. The van der Waals surface area contributed by atoms with E-state index < -0.39 is 22.4 Å². The van der Waals surface area contributed by atoms with Gasteiger partial charge in [0.1, 0.15) is 6.07 Å². The molecule has 0 aliphatic carbocycles. The van der Waals surface area contributed by atoms with Gasteiger partial charge in [0.15, 0.2) is 5.78 Å². The number of anilines is 2. The van der Waals surface area contributed by atoms with Gasteiger partial charge in [-0.2, -0.15) is 18.4 Å². The lowest BCUT2D eigenvalue weighted by Gasteiger charge is -2.38. The van der Waals surface area contributed by atoms with Gasteiger partial charge >= 0.3 is 6.18 Å². The number of benzene rings is 2. The normalized spacial score (nSPS) is 14.4. The number of carbonyl (C=O) groups is 1. The van der Waals surface area contributed by atoms with Crippen molar-refractivity contribution in [3.8, 4) is 6.07 Å². The number of alkyl halides is 3. The molecule has 156 valence electrons. The summed E-state index contributed by atoms with van der Waals surface area (Å²) in [5.74, 6) is -0.153. The van der Waals surface area contributed by atoms with Crippen molar-refractivity contribution in [2.45, 2.75) is 13.1 Å². The average Bonchev–Trinajstić information content (AvgIpc) is 2.72. The Morgan fingerprint density at radius 3 is 2.17 bits per heavy atom. The zero-order chi connectivity index (χ0) is 22.1. The summed E-state index contributed by atoms with van der Waals surface area (Å²) in [6.07, 6.45) is -4.73. The van der Waals surface area contributed by atoms with Crippen LogP contribution in [0.25, 0.3) is 0 Å². The van der Waals surface area contributed by atoms with Crippen molar-refractivity contribution < 1.29 is 22.9 Å². The van der Waals surface area contributed by atoms with E-state index in [-0.39, 0.29) is 24.6 Å². The van der Waals surface area contributed by atoms with Crippen molar-refractivity contribution in [2.75, 3.05) is 36.0 Å². The summed E-state index contributed by atoms with van der Waals surface area (Å²) >= 11 is 0. The summed E-state index contributed by atoms with van der Waals surface area (Å²) in [5.41, 5.74) is -0.415. The number of carbonyl (C=O) groups excluding carboxylic acids is 1. The van der Waals surface area contributed by atoms with Crippen molar-refractivity contribution in [1.29, 1.82) is 5.26 Å². The second kappa shape index (κ2) is 8.02. The molecule has 10 heteroatoms. The molecule has 0 saturated carbocycles. The number of halogens is 3. The number of nitriles is 1. The van der Waals surface area contributed by atoms with Gasteiger partial charge in [-0.25, -0.2) is 0 Å². The molecular formula is C20H17F3N4O3. The Morgan fingerprint density at radius 2 is 1.67 bits per heavy atom. The maximum absolute atomic E-state index is 13.5. The van der Waals surface area contributed by atoms with E-state index in [1.54, 1.807) is 18.2 Å². The van der Waals surface area contributed by atoms with Crippen LogP contribution in [0.2, 0.25) is 0 Å². The third kappa shape index (κ3) is 4.20. The minimum Gasteiger partial charge on any atom is -0.367 e. The summed E-state index contributed by atoms with van der Waals surface area (Å²) in [6.45, 7) is 2.50. The fraction of sp³-hybridized carbons (Fsp3) is 0.300. The van der Waals surface area contributed by atoms with E-state index in [0.29, 0.717) is 36.0 Å². The molecule has 0 N–H and O–H groups in total. The van der Waals surface area contributed by atoms with Crippen LogP contribution in [0.3, 0.4) is 0 Å². The molecule has 0 radical (unpaired) electrons. The monoisotopic (exact) mass is 418 g/mol. The van der Waals surface area contributed by atoms with Crippen LogP contribution in [0.4, 0.5) is 30.2 Å². The summed E-state index contributed by atoms with van der Waals surface area (Å²) in [7, 11) is 0. The SMILES string of the molecule is CC(=O)c1ccc(C#N)c(N2CCN(c3ccc([N+](=O)[O-])cc3C(F)(F)F)CC2)c1. The number of nitro groups is 1. The maximum Gasteiger partial charge on any atom is 0.418 e. The van der Waals surface area contributed by atoms with Crippen LogP contribution < -0.4 is 9.80 Å². The molecule has 0 amide bonds. The molecule has 1 aliphatic heterocycles. The number of non-ortho nitro benzene ring substituents is 1. The highest BCUT2D eigenvalue weighted by molar-refractivity contribution is 5.95. The largest absolute Gasteiger partial charge is 0.418 e. The molecule has 1 saturated heterocycles. The number of nitro benzene ring substituents is 1. The van der Waals surface area contributed by atoms with Crippen molar-refractivity contribution >= 4 is 22.8 Å². The Balaban J connectivity index is 1.86. The first-order chi connectivity index (χ1) is 14.1. The molecule has 30 heavy (non-hydrogen) atoms. The van der Waals surface area contributed by atoms with Crippen molar-refractivity contribution in [2.24, 2.45) is 0 Å². The molecule has 0 atom stereocenters. The van der Waals surface area contributed by atoms with Gasteiger partial charge in [0.25, 0.3) is 5.69 Å². The molecule has 3 rings (SSSR count). The number of Topliss-reactive ketones (excluding diaryl/α,β-unsaturated/α-hetero) is 1. The topological polar surface area (TPSA) is 90.5 Å². The smallest absolute Gasteiger partial charge is 0.367 e. The quantitative estimate of drug-likeness (QED) is 0.423. The van der Waals surface area contributed by atoms with Gasteiger partial charge in [0, 0.05) is 49.6 Å². The minimum absolute atomic E-state index is 0.120. The Bertz CT molecular complexity index is 1040. The fourth-order valence-electron chi connectivity index (χ4n) is 3.44. The van der Waals surface area contributed by atoms with Crippen molar-refractivity contribution in [3.05, 3.63) is 63.2 Å². The van der Waals surface area contributed by atoms with Crippen LogP contribution in [0, 0.1) is 21.4 Å². The number of ketones is 1. The zero-order valence-corrected chi connectivity index (χ0v) is 15.9. The van der Waals surface area contributed by atoms with Gasteiger partial charge in [-0.3, -0.25) is 14.9 Å². The molecular weight excluding hydrogens is 401 g/mol. The van der Waals surface area contributed by atoms with Crippen LogP contribution in [0.15, 0.2) is 36.4 Å². The van der Waals surface area contributed by atoms with Crippen LogP contribution in [0.5, 0.6) is 0 Å². The van der Waals surface area contributed by atoms with Gasteiger partial charge in [-0.05, 0) is 31.2 Å². The maximum atomic E-state index is 13.5. The Kier molecular flexibility index (Phi) is 5.64. The van der Waals surface area contributed by atoms with E-state index in [2.05, 4.69) is 6.07 Å². The Hall–Kier alpha value is -3.61. The van der Waals surface area contributed by atoms with E-state index in [1.165, 1.54) is 11.8 Å². The first-order valence-corrected chi connectivity index (χ1v) is 9.02. The first kappa shape index (κ1) is 21.1. The van der Waals surface area contributed by atoms with Gasteiger partial charge in [0.05, 0.1) is 21.7 Å². The Morgan fingerprint density at radius 1 is 1.07 bits per heavy atom. The van der Waals surface area contributed by atoms with Gasteiger partial charge < -0.3 is 9.80 Å². The molecule has 7 nitrogen and oxygen atoms in total. The van der Waals surface area contributed by atoms with E-state index in [9.17, 15) is 33.3 Å². The molecule has 2 aromatic rings. The zero-order valence-electron chi connectivity index (χ0n) is 15.9. The number of hydrogen-bond donors (Lipinski definition) is 0. The number of piperazine rings is 1. The van der Waals surface area contributed by atoms with Crippen molar-refractivity contribution in [3.63, 3.8) is 0 Å². The average molecular weight is 418 g/mol. The van der Waals surface area contributed by atoms with E-state index in [0.717, 1.165) is 12.1 Å². The van der Waals surface area contributed by atoms with E-state index in [1.807, 2.05) is 4.90 Å². The summed E-state index contributed by atoms with van der Waals surface area (Å²) in [4.78, 5) is 25.0. The lowest BCUT2D eigenvalue weighted by Crippen LogP contribution is -2.47. The predicted molar refractivity (Wildman–Crippen MR) is 104 cm³/mol. The second-order valence-electron chi connectivity index (χ2n) is 6.83. The van der Waals surface area contributed by atoms with Crippen molar-refractivity contribution in [1.82, 2.24) is 0 Å². The minimum atomic E-state index is -4.73. The molecule has 0 bridgehead atoms. The molecule has 2 aromatic carbocycles. The van der Waals surface area contributed by atoms with E-state index in [4.69, 9.17) is 0 Å². The summed E-state index contributed by atoms with van der Waals surface area (Å²) < 4.78 is 40.4. The van der Waals surface area contributed by atoms with E-state index >= 15 is 0 Å². The Labute approximate surface area is 170 Å². The number of hydrogen-bond acceptors (Lipinski definition) is 6. The summed E-state index contributed by atoms with van der Waals surface area (Å²) in [6, 6.07) is 9.52. The number of rotatable bonds is 4. The molecule has 0 aromatic heterocycles. The van der Waals surface area contributed by atoms with Crippen LogP contribution in [0.1, 0.15) is 28.4 Å². The third-order valence-electron chi connectivity index (χ3n) is 4.98. The molecule has 1 heterocycles. The first-order valence-electron chi connectivity index (χ1n) is 9.02. The lowest BCUT2D eigenvalue weighted by molar-refractivity contribution is -0.385. The predicted octanol–water partition coefficient (Wildman–Crippen LogP) is 4.01. The molecule has 0 spiro atoms. The van der Waals surface area contributed by atoms with Crippen LogP contribution in [-0.4, -0.2) is 36.9 Å². The van der Waals surface area contributed by atoms with Crippen LogP contribution in [-0.2, 0) is 6.18 Å². The molecule has 1 fully saturated rings. The highest BCUT2D eigenvalue weighted by Gasteiger charge is 2.37. The highest BCUT2D eigenvalue weighted by Crippen LogP contribution is 2.39. The van der Waals surface area contributed by atoms with Crippen LogP contribution >= 0.6 is 0 Å². The van der Waals surface area contributed by atoms with Gasteiger partial charge in [0.2, 0.25) is 0 Å². The number of nitrogens with zero attached hydrogens (tertiary/aromatic N) is 4. The van der Waals surface area contributed by atoms with Gasteiger partial charge in [-0.15, -0.1) is 0 Å². The fourth-order valence-corrected chi connectivity index (χ4v) is 3.44. The molecule has 1 aliphatic rings. The standard InChI is InChI=1S/C20H17F3N4O3/c1-13(28)14-2-3-15(12-24)19(10-14)26-8-6-25(7-9-26)18-5-4-16(27(29)30)11-17(18)20(21,22)23/h2-5,10-11H,6-9H2,1H3. The third-order valence-corrected chi connectivity index (χ3v) is 4.98. The van der Waals surface area contributed by atoms with Gasteiger partial charge in [-0.1, -0.05) is 0 Å². The second-order valence-corrected chi connectivity index (χ2v) is 6.83. The molecule has 0 unspecified atom stereocenters. The lowest BCUT2D eigenvalue weighted by atomic mass is 10.0.